The third kappa shape index (κ3) is 3.29. The second kappa shape index (κ2) is 5.79. The first kappa shape index (κ1) is 13.5. The van der Waals surface area contributed by atoms with Crippen LogP contribution in [0.25, 0.3) is 0 Å². The van der Waals surface area contributed by atoms with Crippen LogP contribution in [0.1, 0.15) is 28.4 Å². The topological polar surface area (TPSA) is 55.3 Å². The molecular weight excluding hydrogens is 262 g/mol. The fraction of sp³-hybridized carbons (Fsp3) is 0.308. The minimum atomic E-state index is -0.367. The minimum Gasteiger partial charge on any atom is -0.452 e. The molecule has 2 aromatic rings. The number of rotatable bonds is 4. The number of anilines is 1. The number of thiazole rings is 1. The maximum absolute atomic E-state index is 12.0. The zero-order valence-electron chi connectivity index (χ0n) is 11.0. The van der Waals surface area contributed by atoms with Crippen LogP contribution in [0.15, 0.2) is 29.9 Å². The van der Waals surface area contributed by atoms with E-state index in [-0.39, 0.29) is 12.1 Å². The van der Waals surface area contributed by atoms with Crippen molar-refractivity contribution in [3.63, 3.8) is 0 Å². The van der Waals surface area contributed by atoms with Crippen LogP contribution >= 0.6 is 11.3 Å². The number of hydrogen-bond acceptors (Lipinski definition) is 6. The molecule has 2 rings (SSSR count). The predicted octanol–water partition coefficient (Wildman–Crippen LogP) is 2.52. The Morgan fingerprint density at radius 2 is 2.16 bits per heavy atom. The van der Waals surface area contributed by atoms with E-state index >= 15 is 0 Å². The molecule has 0 radical (unpaired) electrons. The molecule has 0 spiro atoms. The molecular formula is C13H15N3O2S. The molecule has 5 nitrogen and oxygen atoms in total. The average molecular weight is 277 g/mol. The second-order valence-electron chi connectivity index (χ2n) is 4.22. The molecule has 0 N–H and O–H groups in total. The Kier molecular flexibility index (Phi) is 4.11. The Morgan fingerprint density at radius 1 is 1.37 bits per heavy atom. The number of carbonyl (C=O) groups excluding carboxylic acids is 1. The molecule has 2 aromatic heterocycles. The molecule has 0 fully saturated rings. The minimum absolute atomic E-state index is 0.344. The molecule has 0 aliphatic rings. The van der Waals surface area contributed by atoms with E-state index in [2.05, 4.69) is 9.97 Å². The monoisotopic (exact) mass is 277 g/mol. The summed E-state index contributed by atoms with van der Waals surface area (Å²) in [6.07, 6.45) is 2.95. The van der Waals surface area contributed by atoms with Gasteiger partial charge in [-0.25, -0.2) is 14.8 Å². The highest BCUT2D eigenvalue weighted by Crippen LogP contribution is 2.21. The summed E-state index contributed by atoms with van der Waals surface area (Å²) in [4.78, 5) is 22.2. The van der Waals surface area contributed by atoms with Crippen molar-refractivity contribution in [2.75, 3.05) is 19.0 Å². The molecule has 0 saturated carbocycles. The molecule has 0 unspecified atom stereocenters. The lowest BCUT2D eigenvalue weighted by atomic mass is 10.2. The summed E-state index contributed by atoms with van der Waals surface area (Å²) >= 11 is 1.47. The van der Waals surface area contributed by atoms with Crippen LogP contribution < -0.4 is 4.90 Å². The molecule has 0 amide bonds. The predicted molar refractivity (Wildman–Crippen MR) is 74.5 cm³/mol. The number of nitrogens with zero attached hydrogens (tertiary/aromatic N) is 3. The van der Waals surface area contributed by atoms with E-state index in [1.165, 1.54) is 11.3 Å². The molecule has 0 aromatic carbocycles. The Bertz CT molecular complexity index is 555. The van der Waals surface area contributed by atoms with E-state index in [1.54, 1.807) is 24.5 Å². The van der Waals surface area contributed by atoms with Gasteiger partial charge in [0.05, 0.1) is 5.56 Å². The van der Waals surface area contributed by atoms with Gasteiger partial charge in [-0.3, -0.25) is 0 Å². The molecule has 100 valence electrons. The molecule has 19 heavy (non-hydrogen) atoms. The average Bonchev–Trinajstić information content (AvgIpc) is 2.92. The van der Waals surface area contributed by atoms with Crippen molar-refractivity contribution in [1.82, 2.24) is 9.97 Å². The van der Waals surface area contributed by atoms with Gasteiger partial charge in [0.1, 0.15) is 10.8 Å². The highest BCUT2D eigenvalue weighted by atomic mass is 32.1. The van der Waals surface area contributed by atoms with Crippen LogP contribution in [-0.4, -0.2) is 30.0 Å². The van der Waals surface area contributed by atoms with Crippen LogP contribution in [-0.2, 0) is 4.74 Å². The number of carbonyl (C=O) groups is 1. The van der Waals surface area contributed by atoms with E-state index in [0.29, 0.717) is 5.56 Å². The lowest BCUT2D eigenvalue weighted by Gasteiger charge is -2.13. The van der Waals surface area contributed by atoms with Gasteiger partial charge in [-0.15, -0.1) is 11.3 Å². The van der Waals surface area contributed by atoms with Crippen molar-refractivity contribution in [3.05, 3.63) is 40.5 Å². The van der Waals surface area contributed by atoms with Crippen molar-refractivity contribution in [2.45, 2.75) is 13.0 Å². The zero-order valence-corrected chi connectivity index (χ0v) is 11.8. The molecule has 0 aliphatic heterocycles. The molecule has 1 atom stereocenters. The van der Waals surface area contributed by atoms with Crippen LogP contribution in [0.2, 0.25) is 0 Å². The maximum Gasteiger partial charge on any atom is 0.339 e. The fourth-order valence-electron chi connectivity index (χ4n) is 1.50. The summed E-state index contributed by atoms with van der Waals surface area (Å²) in [7, 11) is 3.74. The van der Waals surface area contributed by atoms with Gasteiger partial charge >= 0.3 is 5.97 Å². The Labute approximate surface area is 115 Å². The molecule has 6 heteroatoms. The number of aromatic nitrogens is 2. The fourth-order valence-corrected chi connectivity index (χ4v) is 2.13. The van der Waals surface area contributed by atoms with Crippen LogP contribution in [0.3, 0.4) is 0 Å². The summed E-state index contributed by atoms with van der Waals surface area (Å²) in [5, 5.41) is 2.64. The van der Waals surface area contributed by atoms with Crippen LogP contribution in [0.4, 0.5) is 5.82 Å². The molecule has 0 aliphatic carbocycles. The van der Waals surface area contributed by atoms with Crippen LogP contribution in [0.5, 0.6) is 0 Å². The summed E-state index contributed by atoms with van der Waals surface area (Å²) in [5.74, 6) is 0.351. The number of ether oxygens (including phenoxy) is 1. The van der Waals surface area contributed by atoms with Crippen LogP contribution in [0, 0.1) is 0 Å². The van der Waals surface area contributed by atoms with Crippen molar-refractivity contribution < 1.29 is 9.53 Å². The van der Waals surface area contributed by atoms with Gasteiger partial charge < -0.3 is 9.64 Å². The van der Waals surface area contributed by atoms with Gasteiger partial charge in [0.25, 0.3) is 0 Å². The largest absolute Gasteiger partial charge is 0.452 e. The number of hydrogen-bond donors (Lipinski definition) is 0. The number of pyridine rings is 1. The Balaban J connectivity index is 2.10. The van der Waals surface area contributed by atoms with Gasteiger partial charge in [-0.2, -0.15) is 0 Å². The van der Waals surface area contributed by atoms with E-state index in [4.69, 9.17) is 4.74 Å². The first-order chi connectivity index (χ1) is 9.08. The van der Waals surface area contributed by atoms with Crippen molar-refractivity contribution in [2.24, 2.45) is 0 Å². The smallest absolute Gasteiger partial charge is 0.339 e. The van der Waals surface area contributed by atoms with Gasteiger partial charge in [0.2, 0.25) is 0 Å². The van der Waals surface area contributed by atoms with Crippen molar-refractivity contribution >= 4 is 23.1 Å². The summed E-state index contributed by atoms with van der Waals surface area (Å²) in [5.41, 5.74) is 0.488. The molecule has 0 bridgehead atoms. The summed E-state index contributed by atoms with van der Waals surface area (Å²) in [6.45, 7) is 1.81. The van der Waals surface area contributed by atoms with E-state index in [0.717, 1.165) is 10.8 Å². The summed E-state index contributed by atoms with van der Waals surface area (Å²) < 4.78 is 5.38. The van der Waals surface area contributed by atoms with Crippen molar-refractivity contribution in [1.29, 1.82) is 0 Å². The molecule has 2 heterocycles. The van der Waals surface area contributed by atoms with E-state index in [1.807, 2.05) is 31.3 Å². The maximum atomic E-state index is 12.0. The second-order valence-corrected chi connectivity index (χ2v) is 5.14. The first-order valence-electron chi connectivity index (χ1n) is 5.81. The van der Waals surface area contributed by atoms with Crippen molar-refractivity contribution in [3.8, 4) is 0 Å². The Hall–Kier alpha value is -1.95. The molecule has 0 saturated heterocycles. The first-order valence-corrected chi connectivity index (χ1v) is 6.69. The normalized spacial score (nSPS) is 11.9. The van der Waals surface area contributed by atoms with Gasteiger partial charge in [0.15, 0.2) is 6.10 Å². The zero-order chi connectivity index (χ0) is 13.8. The Morgan fingerprint density at radius 3 is 2.79 bits per heavy atom. The third-order valence-electron chi connectivity index (χ3n) is 2.52. The van der Waals surface area contributed by atoms with E-state index < -0.39 is 0 Å². The van der Waals surface area contributed by atoms with Gasteiger partial charge in [-0.05, 0) is 19.1 Å². The quantitative estimate of drug-likeness (QED) is 0.804. The van der Waals surface area contributed by atoms with Gasteiger partial charge in [0, 0.05) is 31.9 Å². The lowest BCUT2D eigenvalue weighted by Crippen LogP contribution is -2.13. The van der Waals surface area contributed by atoms with Gasteiger partial charge in [-0.1, -0.05) is 0 Å². The third-order valence-corrected chi connectivity index (χ3v) is 3.46. The highest BCUT2D eigenvalue weighted by molar-refractivity contribution is 7.09. The number of esters is 1. The SMILES string of the molecule is C[C@H](OC(=O)c1ccnc(N(C)C)c1)c1nccs1. The highest BCUT2D eigenvalue weighted by Gasteiger charge is 2.16. The standard InChI is InChI=1S/C13H15N3O2S/c1-9(12-15-6-7-19-12)18-13(17)10-4-5-14-11(8-10)16(2)3/h4-9H,1-3H3/t9-/m0/s1. The van der Waals surface area contributed by atoms with E-state index in [9.17, 15) is 4.79 Å². The summed E-state index contributed by atoms with van der Waals surface area (Å²) in [6, 6.07) is 3.35. The lowest BCUT2D eigenvalue weighted by molar-refractivity contribution is 0.0337.